The van der Waals surface area contributed by atoms with Gasteiger partial charge >= 0.3 is 11.9 Å². The molecule has 0 aromatic heterocycles. The number of rotatable bonds is 3. The number of aliphatic hydroxyl groups is 1. The van der Waals surface area contributed by atoms with Gasteiger partial charge in [0.05, 0.1) is 17.3 Å². The molecule has 0 aliphatic heterocycles. The third kappa shape index (κ3) is 3.89. The molecule has 0 saturated heterocycles. The van der Waals surface area contributed by atoms with E-state index in [4.69, 9.17) is 10.5 Å². The van der Waals surface area contributed by atoms with Gasteiger partial charge in [-0.05, 0) is 111 Å². The van der Waals surface area contributed by atoms with Gasteiger partial charge in [0.15, 0.2) is 5.78 Å². The second-order valence-electron chi connectivity index (χ2n) is 15.8. The molecule has 0 amide bonds. The van der Waals surface area contributed by atoms with Gasteiger partial charge in [-0.15, -0.1) is 0 Å². The van der Waals surface area contributed by atoms with E-state index in [-0.39, 0.29) is 51.6 Å². The van der Waals surface area contributed by atoms with E-state index < -0.39 is 28.3 Å². The summed E-state index contributed by atoms with van der Waals surface area (Å²) in [6.07, 6.45) is 9.54. The van der Waals surface area contributed by atoms with Gasteiger partial charge < -0.3 is 20.7 Å². The van der Waals surface area contributed by atoms with Crippen molar-refractivity contribution in [1.82, 2.24) is 0 Å². The van der Waals surface area contributed by atoms with Crippen LogP contribution in [0.3, 0.4) is 0 Å². The second kappa shape index (κ2) is 8.92. The summed E-state index contributed by atoms with van der Waals surface area (Å²) >= 11 is 0. The van der Waals surface area contributed by atoms with Gasteiger partial charge in [-0.25, -0.2) is 4.79 Å². The van der Waals surface area contributed by atoms with E-state index in [9.17, 15) is 24.6 Å². The fourth-order valence-corrected chi connectivity index (χ4v) is 10.6. The molecule has 7 nitrogen and oxygen atoms in total. The van der Waals surface area contributed by atoms with E-state index in [1.165, 1.54) is 6.92 Å². The Morgan fingerprint density at radius 3 is 2.25 bits per heavy atom. The van der Waals surface area contributed by atoms with Crippen molar-refractivity contribution < 1.29 is 29.3 Å². The van der Waals surface area contributed by atoms with Crippen LogP contribution in [0.1, 0.15) is 106 Å². The first-order valence-corrected chi connectivity index (χ1v) is 15.2. The predicted molar refractivity (Wildman–Crippen MR) is 152 cm³/mol. The quantitative estimate of drug-likeness (QED) is 0.218. The van der Waals surface area contributed by atoms with Crippen molar-refractivity contribution in [1.29, 1.82) is 0 Å². The Hall–Kier alpha value is -2.15. The number of esters is 1. The zero-order valence-corrected chi connectivity index (χ0v) is 25.4. The Balaban J connectivity index is 1.53. The van der Waals surface area contributed by atoms with Crippen LogP contribution in [-0.2, 0) is 19.1 Å². The minimum absolute atomic E-state index is 0.0111. The summed E-state index contributed by atoms with van der Waals surface area (Å²) in [5.41, 5.74) is 5.97. The molecule has 7 heteroatoms. The molecule has 5 aliphatic carbocycles. The first-order valence-electron chi connectivity index (χ1n) is 15.2. The number of carbonyl (C=O) groups excluding carboxylic acids is 2. The van der Waals surface area contributed by atoms with Crippen LogP contribution in [0.15, 0.2) is 23.5 Å². The average Bonchev–Trinajstić information content (AvgIpc) is 2.82. The van der Waals surface area contributed by atoms with Crippen LogP contribution in [0.25, 0.3) is 0 Å². The van der Waals surface area contributed by atoms with E-state index >= 15 is 0 Å². The molecule has 222 valence electrons. The Kier molecular flexibility index (Phi) is 6.55. The molecule has 4 saturated carbocycles. The molecule has 4 N–H and O–H groups in total. The fraction of sp³-hybridized carbons (Fsp3) is 0.788. The van der Waals surface area contributed by atoms with Crippen LogP contribution in [-0.4, -0.2) is 39.6 Å². The number of allylic oxidation sites excluding steroid dienone is 2. The van der Waals surface area contributed by atoms with Crippen LogP contribution >= 0.6 is 0 Å². The van der Waals surface area contributed by atoms with Crippen molar-refractivity contribution in [3.63, 3.8) is 0 Å². The van der Waals surface area contributed by atoms with Crippen LogP contribution in [0.4, 0.5) is 0 Å². The van der Waals surface area contributed by atoms with E-state index in [0.29, 0.717) is 19.3 Å². The number of hydrogen-bond donors (Lipinski definition) is 3. The minimum Gasteiger partial charge on any atom is -0.512 e. The molecule has 0 bridgehead atoms. The molecule has 5 aliphatic rings. The van der Waals surface area contributed by atoms with Crippen molar-refractivity contribution in [2.75, 3.05) is 0 Å². The van der Waals surface area contributed by atoms with Gasteiger partial charge in [-0.3, -0.25) is 9.59 Å². The molecule has 4 fully saturated rings. The number of carbonyl (C=O) groups is 3. The highest BCUT2D eigenvalue weighted by molar-refractivity contribution is 5.96. The maximum absolute atomic E-state index is 14.4. The maximum Gasteiger partial charge on any atom is 0.334 e. The van der Waals surface area contributed by atoms with Crippen molar-refractivity contribution in [3.05, 3.63) is 23.5 Å². The number of ether oxygens (including phenoxy) is 1. The summed E-state index contributed by atoms with van der Waals surface area (Å²) in [7, 11) is 0. The molecular weight excluding hydrogens is 506 g/mol. The largest absolute Gasteiger partial charge is 0.512 e. The summed E-state index contributed by atoms with van der Waals surface area (Å²) in [6.45, 7) is 14.4. The Bertz CT molecular complexity index is 1200. The molecule has 9 atom stereocenters. The van der Waals surface area contributed by atoms with Crippen molar-refractivity contribution in [2.24, 2.45) is 50.6 Å². The van der Waals surface area contributed by atoms with Crippen molar-refractivity contribution in [3.8, 4) is 0 Å². The fourth-order valence-electron chi connectivity index (χ4n) is 10.6. The van der Waals surface area contributed by atoms with Gasteiger partial charge in [0.25, 0.3) is 0 Å². The first kappa shape index (κ1) is 29.3. The van der Waals surface area contributed by atoms with Gasteiger partial charge in [-0.1, -0.05) is 34.6 Å². The zero-order chi connectivity index (χ0) is 29.7. The Morgan fingerprint density at radius 1 is 0.975 bits per heavy atom. The number of carboxylic acids is 1. The monoisotopic (exact) mass is 555 g/mol. The first-order chi connectivity index (χ1) is 18.3. The summed E-state index contributed by atoms with van der Waals surface area (Å²) in [5, 5.41) is 19.6. The maximum atomic E-state index is 14.4. The molecule has 0 spiro atoms. The number of nitrogens with two attached hydrogens (primary N) is 1. The third-order valence-corrected chi connectivity index (χ3v) is 13.1. The van der Waals surface area contributed by atoms with Gasteiger partial charge in [-0.2, -0.15) is 0 Å². The predicted octanol–water partition coefficient (Wildman–Crippen LogP) is 6.12. The summed E-state index contributed by atoms with van der Waals surface area (Å²) in [5.74, 6) is -1.33. The van der Waals surface area contributed by atoms with Crippen LogP contribution in [0, 0.1) is 44.8 Å². The highest BCUT2D eigenvalue weighted by atomic mass is 16.5. The van der Waals surface area contributed by atoms with E-state index in [1.807, 2.05) is 13.0 Å². The molecule has 5 rings (SSSR count). The van der Waals surface area contributed by atoms with Crippen LogP contribution in [0.2, 0.25) is 0 Å². The van der Waals surface area contributed by atoms with Crippen molar-refractivity contribution >= 4 is 17.7 Å². The molecule has 1 unspecified atom stereocenters. The Morgan fingerprint density at radius 2 is 1.62 bits per heavy atom. The minimum atomic E-state index is -0.808. The van der Waals surface area contributed by atoms with Crippen LogP contribution < -0.4 is 5.73 Å². The lowest BCUT2D eigenvalue weighted by Crippen LogP contribution is -2.72. The standard InChI is InChI=1S/C33H49NO6/c1-19(35)16-25(37)40-24-9-10-31(6)23(28(24,2)3)8-11-32(7)26(31)22(36)17-20-21-18-30(5,27(38)39)13-12-29(21,4)14-15-33(20,32)34/h16-17,21,23-24,26,35H,8-15,18,34H2,1-7H3,(H,38,39)/b19-16+/t21-,23-,24-,26?,29+,30-,31-,32+,33-/m0/s1. The van der Waals surface area contributed by atoms with Gasteiger partial charge in [0.2, 0.25) is 0 Å². The lowest BCUT2D eigenvalue weighted by Gasteiger charge is -2.70. The number of hydrogen-bond acceptors (Lipinski definition) is 6. The van der Waals surface area contributed by atoms with Crippen LogP contribution in [0.5, 0.6) is 0 Å². The zero-order valence-electron chi connectivity index (χ0n) is 25.4. The smallest absolute Gasteiger partial charge is 0.334 e. The topological polar surface area (TPSA) is 127 Å². The molecular formula is C33H49NO6. The molecule has 0 heterocycles. The number of fused-ring (bicyclic) bond motifs is 7. The Labute approximate surface area is 239 Å². The van der Waals surface area contributed by atoms with Gasteiger partial charge in [0.1, 0.15) is 6.10 Å². The van der Waals surface area contributed by atoms with E-state index in [1.54, 1.807) is 0 Å². The highest BCUT2D eigenvalue weighted by Crippen LogP contribution is 2.72. The molecule has 0 aromatic carbocycles. The number of carboxylic acid groups (broad SMARTS) is 1. The highest BCUT2D eigenvalue weighted by Gasteiger charge is 2.71. The number of ketones is 1. The SMILES string of the molecule is C/C(O)=C\C(=O)O[C@H]1CC[C@]2(C)C3C(=O)C=C4[C@@H]5C[C@@](C)(C(=O)O)CC[C@]5(C)CC[C@@]4(N)[C@]3(C)CC[C@H]2C1(C)C. The van der Waals surface area contributed by atoms with Gasteiger partial charge in [0, 0.05) is 16.9 Å². The normalized spacial score (nSPS) is 48.0. The van der Waals surface area contributed by atoms with E-state index in [0.717, 1.165) is 50.2 Å². The number of aliphatic hydroxyl groups excluding tert-OH is 1. The third-order valence-electron chi connectivity index (χ3n) is 13.1. The summed E-state index contributed by atoms with van der Waals surface area (Å²) in [4.78, 5) is 39.1. The lowest BCUT2D eigenvalue weighted by molar-refractivity contribution is -0.201. The molecule has 40 heavy (non-hydrogen) atoms. The van der Waals surface area contributed by atoms with E-state index in [2.05, 4.69) is 34.6 Å². The summed E-state index contributed by atoms with van der Waals surface area (Å²) < 4.78 is 5.87. The molecule has 0 aromatic rings. The molecule has 0 radical (unpaired) electrons. The number of aliphatic carboxylic acids is 1. The summed E-state index contributed by atoms with van der Waals surface area (Å²) in [6, 6.07) is 0. The van der Waals surface area contributed by atoms with Crippen molar-refractivity contribution in [2.45, 2.75) is 118 Å². The lowest BCUT2D eigenvalue weighted by atomic mass is 9.35. The average molecular weight is 556 g/mol. The second-order valence-corrected chi connectivity index (χ2v) is 15.8.